The molecule has 2 unspecified atom stereocenters. The number of amides is 1. The number of aliphatic carboxylic acids is 1. The molecule has 1 aliphatic rings. The Hall–Kier alpha value is -1.66. The van der Waals surface area contributed by atoms with Crippen LogP contribution < -0.4 is 5.32 Å². The highest BCUT2D eigenvalue weighted by Gasteiger charge is 2.35. The molecule has 2 N–H and O–H groups in total. The van der Waals surface area contributed by atoms with Crippen molar-refractivity contribution in [3.05, 3.63) is 29.0 Å². The van der Waals surface area contributed by atoms with Crippen molar-refractivity contribution >= 4 is 23.5 Å². The molecular weight excluding hydrogens is 260 g/mol. The van der Waals surface area contributed by atoms with Gasteiger partial charge < -0.3 is 15.2 Å². The Morgan fingerprint density at radius 1 is 1.44 bits per heavy atom. The van der Waals surface area contributed by atoms with Crippen molar-refractivity contribution in [3.8, 4) is 0 Å². The van der Waals surface area contributed by atoms with E-state index in [1.807, 2.05) is 0 Å². The number of carbonyl (C=O) groups excluding carboxylic acids is 1. The summed E-state index contributed by atoms with van der Waals surface area (Å²) in [5.41, 5.74) is 0.151. The second-order valence-corrected chi connectivity index (χ2v) is 4.29. The fourth-order valence-corrected chi connectivity index (χ4v) is 1.88. The van der Waals surface area contributed by atoms with E-state index in [1.165, 1.54) is 6.07 Å². The van der Waals surface area contributed by atoms with Gasteiger partial charge >= 0.3 is 5.97 Å². The summed E-state index contributed by atoms with van der Waals surface area (Å²) in [5.74, 6) is -2.18. The molecule has 18 heavy (non-hydrogen) atoms. The molecule has 0 aliphatic carbocycles. The fourth-order valence-electron chi connectivity index (χ4n) is 1.72. The predicted molar refractivity (Wildman–Crippen MR) is 62.4 cm³/mol. The van der Waals surface area contributed by atoms with Gasteiger partial charge in [-0.3, -0.25) is 9.59 Å². The SMILES string of the molecule is O=C(NC1COCC1C(=O)O)c1cccc(Cl)n1. The van der Waals surface area contributed by atoms with Crippen molar-refractivity contribution in [1.82, 2.24) is 10.3 Å². The van der Waals surface area contributed by atoms with E-state index in [4.69, 9.17) is 21.4 Å². The van der Waals surface area contributed by atoms with Crippen LogP contribution in [0.25, 0.3) is 0 Å². The monoisotopic (exact) mass is 270 g/mol. The second-order valence-electron chi connectivity index (χ2n) is 3.91. The van der Waals surface area contributed by atoms with Gasteiger partial charge in [0.1, 0.15) is 16.8 Å². The smallest absolute Gasteiger partial charge is 0.311 e. The second kappa shape index (κ2) is 5.32. The Morgan fingerprint density at radius 3 is 2.89 bits per heavy atom. The first kappa shape index (κ1) is 12.8. The maximum atomic E-state index is 11.8. The highest BCUT2D eigenvalue weighted by Crippen LogP contribution is 2.14. The molecule has 1 amide bonds. The molecule has 1 aromatic rings. The van der Waals surface area contributed by atoms with Gasteiger partial charge in [0.05, 0.1) is 19.3 Å². The van der Waals surface area contributed by atoms with Crippen molar-refractivity contribution in [3.63, 3.8) is 0 Å². The molecule has 0 bridgehead atoms. The molecule has 2 heterocycles. The van der Waals surface area contributed by atoms with Gasteiger partial charge in [-0.25, -0.2) is 4.98 Å². The average molecular weight is 271 g/mol. The summed E-state index contributed by atoms with van der Waals surface area (Å²) in [6.07, 6.45) is 0. The molecule has 1 saturated heterocycles. The average Bonchev–Trinajstić information content (AvgIpc) is 2.77. The lowest BCUT2D eigenvalue weighted by atomic mass is 10.0. The number of pyridine rings is 1. The summed E-state index contributed by atoms with van der Waals surface area (Å²) in [5, 5.41) is 11.7. The lowest BCUT2D eigenvalue weighted by molar-refractivity contribution is -0.142. The van der Waals surface area contributed by atoms with Crippen molar-refractivity contribution in [1.29, 1.82) is 0 Å². The summed E-state index contributed by atoms with van der Waals surface area (Å²) in [6, 6.07) is 4.12. The predicted octanol–water partition coefficient (Wildman–Crippen LogP) is 0.564. The minimum atomic E-state index is -0.989. The molecule has 7 heteroatoms. The van der Waals surface area contributed by atoms with E-state index in [2.05, 4.69) is 10.3 Å². The molecule has 0 aromatic carbocycles. The van der Waals surface area contributed by atoms with E-state index >= 15 is 0 Å². The first-order valence-corrected chi connectivity index (χ1v) is 5.69. The number of hydrogen-bond acceptors (Lipinski definition) is 4. The van der Waals surface area contributed by atoms with E-state index in [-0.39, 0.29) is 24.1 Å². The maximum absolute atomic E-state index is 11.8. The third kappa shape index (κ3) is 2.77. The van der Waals surface area contributed by atoms with Gasteiger partial charge in [-0.15, -0.1) is 0 Å². The minimum Gasteiger partial charge on any atom is -0.481 e. The number of halogens is 1. The van der Waals surface area contributed by atoms with Gasteiger partial charge in [0, 0.05) is 0 Å². The van der Waals surface area contributed by atoms with Crippen molar-refractivity contribution < 1.29 is 19.4 Å². The number of carboxylic acids is 1. The molecular formula is C11H11ClN2O4. The molecule has 6 nitrogen and oxygen atoms in total. The molecule has 96 valence electrons. The normalized spacial score (nSPS) is 22.7. The van der Waals surface area contributed by atoms with E-state index < -0.39 is 23.8 Å². The van der Waals surface area contributed by atoms with Crippen LogP contribution in [-0.4, -0.2) is 41.2 Å². The summed E-state index contributed by atoms with van der Waals surface area (Å²) in [4.78, 5) is 26.6. The Kier molecular flexibility index (Phi) is 3.78. The van der Waals surface area contributed by atoms with Crippen LogP contribution in [0.5, 0.6) is 0 Å². The summed E-state index contributed by atoms with van der Waals surface area (Å²) in [7, 11) is 0. The zero-order chi connectivity index (χ0) is 13.1. The van der Waals surface area contributed by atoms with Gasteiger partial charge in [-0.2, -0.15) is 0 Å². The van der Waals surface area contributed by atoms with Crippen LogP contribution >= 0.6 is 11.6 Å². The summed E-state index contributed by atoms with van der Waals surface area (Å²) >= 11 is 5.67. The van der Waals surface area contributed by atoms with E-state index in [0.29, 0.717) is 0 Å². The number of aromatic nitrogens is 1. The number of carbonyl (C=O) groups is 2. The van der Waals surface area contributed by atoms with Crippen LogP contribution in [0.4, 0.5) is 0 Å². The van der Waals surface area contributed by atoms with Gasteiger partial charge in [-0.1, -0.05) is 17.7 Å². The van der Waals surface area contributed by atoms with Crippen LogP contribution in [0, 0.1) is 5.92 Å². The molecule has 0 radical (unpaired) electrons. The lowest BCUT2D eigenvalue weighted by Crippen LogP contribution is -2.42. The number of rotatable bonds is 3. The number of ether oxygens (including phenoxy) is 1. The Bertz CT molecular complexity index is 480. The minimum absolute atomic E-state index is 0.100. The highest BCUT2D eigenvalue weighted by molar-refractivity contribution is 6.29. The Morgan fingerprint density at radius 2 is 2.22 bits per heavy atom. The number of hydrogen-bond donors (Lipinski definition) is 2. The van der Waals surface area contributed by atoms with E-state index in [9.17, 15) is 9.59 Å². The third-order valence-corrected chi connectivity index (χ3v) is 2.87. The summed E-state index contributed by atoms with van der Waals surface area (Å²) in [6.45, 7) is 0.284. The van der Waals surface area contributed by atoms with Crippen LogP contribution in [0.1, 0.15) is 10.5 Å². The number of carboxylic acid groups (broad SMARTS) is 1. The van der Waals surface area contributed by atoms with Crippen molar-refractivity contribution in [2.45, 2.75) is 6.04 Å². The topological polar surface area (TPSA) is 88.5 Å². The van der Waals surface area contributed by atoms with Crippen LogP contribution in [-0.2, 0) is 9.53 Å². The zero-order valence-electron chi connectivity index (χ0n) is 9.30. The first-order valence-electron chi connectivity index (χ1n) is 5.32. The van der Waals surface area contributed by atoms with Crippen LogP contribution in [0.15, 0.2) is 18.2 Å². The quantitative estimate of drug-likeness (QED) is 0.784. The highest BCUT2D eigenvalue weighted by atomic mass is 35.5. The first-order chi connectivity index (χ1) is 8.58. The van der Waals surface area contributed by atoms with Crippen LogP contribution in [0.2, 0.25) is 5.15 Å². The Labute approximate surface area is 108 Å². The van der Waals surface area contributed by atoms with Gasteiger partial charge in [-0.05, 0) is 12.1 Å². The lowest BCUT2D eigenvalue weighted by Gasteiger charge is -2.15. The van der Waals surface area contributed by atoms with Crippen LogP contribution in [0.3, 0.4) is 0 Å². The zero-order valence-corrected chi connectivity index (χ0v) is 10.1. The molecule has 0 spiro atoms. The maximum Gasteiger partial charge on any atom is 0.311 e. The van der Waals surface area contributed by atoms with Gasteiger partial charge in [0.2, 0.25) is 0 Å². The standard InChI is InChI=1S/C11H11ClN2O4/c12-9-3-1-2-7(13-9)10(15)14-8-5-18-4-6(8)11(16)17/h1-3,6,8H,4-5H2,(H,14,15)(H,16,17). The van der Waals surface area contributed by atoms with Gasteiger partial charge in [0.15, 0.2) is 0 Å². The molecule has 1 fully saturated rings. The number of nitrogens with one attached hydrogen (secondary N) is 1. The molecule has 1 aromatic heterocycles. The number of nitrogens with zero attached hydrogens (tertiary/aromatic N) is 1. The molecule has 0 saturated carbocycles. The largest absolute Gasteiger partial charge is 0.481 e. The Balaban J connectivity index is 2.05. The molecule has 2 rings (SSSR count). The van der Waals surface area contributed by atoms with E-state index in [1.54, 1.807) is 12.1 Å². The fraction of sp³-hybridized carbons (Fsp3) is 0.364. The van der Waals surface area contributed by atoms with Gasteiger partial charge in [0.25, 0.3) is 5.91 Å². The van der Waals surface area contributed by atoms with Crippen molar-refractivity contribution in [2.24, 2.45) is 5.92 Å². The molecule has 2 atom stereocenters. The molecule has 1 aliphatic heterocycles. The third-order valence-electron chi connectivity index (χ3n) is 2.66. The van der Waals surface area contributed by atoms with E-state index in [0.717, 1.165) is 0 Å². The summed E-state index contributed by atoms with van der Waals surface area (Å²) < 4.78 is 5.05. The van der Waals surface area contributed by atoms with Crippen molar-refractivity contribution in [2.75, 3.05) is 13.2 Å².